The van der Waals surface area contributed by atoms with Gasteiger partial charge in [0.05, 0.1) is 22.5 Å². The molecule has 7 nitrogen and oxygen atoms in total. The van der Waals surface area contributed by atoms with Crippen molar-refractivity contribution in [2.24, 2.45) is 5.92 Å². The Morgan fingerprint density at radius 1 is 1.25 bits per heavy atom. The Morgan fingerprint density at radius 2 is 2.14 bits per heavy atom. The summed E-state index contributed by atoms with van der Waals surface area (Å²) in [6.07, 6.45) is 5.57. The average molecular weight is 398 g/mol. The van der Waals surface area contributed by atoms with Crippen LogP contribution in [0.1, 0.15) is 46.9 Å². The molecular formula is C20H23N5O2S. The van der Waals surface area contributed by atoms with E-state index in [1.807, 2.05) is 30.2 Å². The van der Waals surface area contributed by atoms with Crippen LogP contribution in [0.4, 0.5) is 0 Å². The maximum atomic E-state index is 12.6. The maximum absolute atomic E-state index is 12.6. The zero-order valence-corrected chi connectivity index (χ0v) is 16.9. The quantitative estimate of drug-likeness (QED) is 0.667. The van der Waals surface area contributed by atoms with Crippen molar-refractivity contribution >= 4 is 17.2 Å². The van der Waals surface area contributed by atoms with Crippen LogP contribution in [0.5, 0.6) is 0 Å². The smallest absolute Gasteiger partial charge is 0.273 e. The van der Waals surface area contributed by atoms with Gasteiger partial charge in [-0.15, -0.1) is 11.3 Å². The highest BCUT2D eigenvalue weighted by Crippen LogP contribution is 2.27. The lowest BCUT2D eigenvalue weighted by molar-refractivity contribution is 0.0755. The van der Waals surface area contributed by atoms with Gasteiger partial charge in [-0.05, 0) is 51.5 Å². The van der Waals surface area contributed by atoms with Gasteiger partial charge < -0.3 is 9.42 Å². The molecule has 1 aliphatic heterocycles. The molecule has 1 saturated heterocycles. The molecule has 0 radical (unpaired) electrons. The molecule has 4 heterocycles. The lowest BCUT2D eigenvalue weighted by Gasteiger charge is -2.19. The minimum Gasteiger partial charge on any atom is -0.361 e. The van der Waals surface area contributed by atoms with Gasteiger partial charge in [-0.2, -0.15) is 0 Å². The first kappa shape index (κ1) is 18.7. The Balaban J connectivity index is 1.43. The molecule has 3 aromatic rings. The van der Waals surface area contributed by atoms with Gasteiger partial charge in [-0.3, -0.25) is 4.79 Å². The summed E-state index contributed by atoms with van der Waals surface area (Å²) < 4.78 is 5.27. The second-order valence-electron chi connectivity index (χ2n) is 7.26. The number of likely N-dealkylation sites (tertiary alicyclic amines) is 1. The standard InChI is InChI=1S/C20H23N5O2S/c1-13-19(14(2)27-24-13)17-9-16(21-11-22-17)8-15-4-3-6-25(7-5-15)20(26)18-10-28-12-23-18/h9-12,15H,3-8H2,1-2H3. The van der Waals surface area contributed by atoms with Crippen molar-refractivity contribution in [2.45, 2.75) is 39.5 Å². The highest BCUT2D eigenvalue weighted by Gasteiger charge is 2.23. The fourth-order valence-electron chi connectivity index (χ4n) is 3.84. The Kier molecular flexibility index (Phi) is 5.47. The molecule has 1 unspecified atom stereocenters. The Labute approximate surface area is 167 Å². The fraction of sp³-hybridized carbons (Fsp3) is 0.450. The molecule has 1 aliphatic rings. The van der Waals surface area contributed by atoms with Crippen LogP contribution in [-0.4, -0.2) is 44.0 Å². The van der Waals surface area contributed by atoms with Gasteiger partial charge in [0, 0.05) is 24.2 Å². The summed E-state index contributed by atoms with van der Waals surface area (Å²) in [6, 6.07) is 2.04. The largest absolute Gasteiger partial charge is 0.361 e. The summed E-state index contributed by atoms with van der Waals surface area (Å²) in [5, 5.41) is 5.84. The van der Waals surface area contributed by atoms with Crippen LogP contribution in [0, 0.1) is 19.8 Å². The van der Waals surface area contributed by atoms with Gasteiger partial charge in [0.15, 0.2) is 0 Å². The number of thiazole rings is 1. The zero-order valence-electron chi connectivity index (χ0n) is 16.1. The third kappa shape index (κ3) is 3.96. The van der Waals surface area contributed by atoms with Crippen molar-refractivity contribution in [3.63, 3.8) is 0 Å². The number of hydrogen-bond acceptors (Lipinski definition) is 7. The Bertz CT molecular complexity index is 934. The van der Waals surface area contributed by atoms with Crippen LogP contribution >= 0.6 is 11.3 Å². The maximum Gasteiger partial charge on any atom is 0.273 e. The first-order valence-electron chi connectivity index (χ1n) is 9.53. The summed E-state index contributed by atoms with van der Waals surface area (Å²) in [5.74, 6) is 1.32. The number of carbonyl (C=O) groups is 1. The molecule has 0 aliphatic carbocycles. The molecule has 0 aromatic carbocycles. The molecule has 28 heavy (non-hydrogen) atoms. The second-order valence-corrected chi connectivity index (χ2v) is 7.98. The van der Waals surface area contributed by atoms with E-state index in [1.165, 1.54) is 11.3 Å². The van der Waals surface area contributed by atoms with E-state index in [-0.39, 0.29) is 5.91 Å². The third-order valence-electron chi connectivity index (χ3n) is 5.30. The number of rotatable bonds is 4. The van der Waals surface area contributed by atoms with Crippen molar-refractivity contribution in [1.29, 1.82) is 0 Å². The van der Waals surface area contributed by atoms with Crippen LogP contribution in [0.3, 0.4) is 0 Å². The van der Waals surface area contributed by atoms with E-state index < -0.39 is 0 Å². The number of nitrogens with zero attached hydrogens (tertiary/aromatic N) is 5. The van der Waals surface area contributed by atoms with Gasteiger partial charge in [0.1, 0.15) is 17.8 Å². The fourth-order valence-corrected chi connectivity index (χ4v) is 4.37. The molecule has 8 heteroatoms. The third-order valence-corrected chi connectivity index (χ3v) is 5.88. The highest BCUT2D eigenvalue weighted by atomic mass is 32.1. The van der Waals surface area contributed by atoms with Crippen LogP contribution in [-0.2, 0) is 6.42 Å². The predicted octanol–water partition coefficient (Wildman–Crippen LogP) is 3.69. The van der Waals surface area contributed by atoms with Crippen LogP contribution in [0.15, 0.2) is 27.8 Å². The van der Waals surface area contributed by atoms with Crippen LogP contribution in [0.25, 0.3) is 11.3 Å². The topological polar surface area (TPSA) is 85.0 Å². The van der Waals surface area contributed by atoms with Crippen molar-refractivity contribution in [1.82, 2.24) is 25.0 Å². The van der Waals surface area contributed by atoms with Gasteiger partial charge in [-0.25, -0.2) is 15.0 Å². The minimum atomic E-state index is 0.0460. The lowest BCUT2D eigenvalue weighted by atomic mass is 9.94. The number of aryl methyl sites for hydroxylation is 2. The van der Waals surface area contributed by atoms with E-state index in [4.69, 9.17) is 4.52 Å². The van der Waals surface area contributed by atoms with E-state index in [0.717, 1.165) is 67.2 Å². The Hall–Kier alpha value is -2.61. The number of hydrogen-bond donors (Lipinski definition) is 0. The second kappa shape index (κ2) is 8.18. The molecule has 146 valence electrons. The number of carbonyl (C=O) groups excluding carboxylic acids is 1. The molecule has 0 saturated carbocycles. The minimum absolute atomic E-state index is 0.0460. The first-order chi connectivity index (χ1) is 13.6. The summed E-state index contributed by atoms with van der Waals surface area (Å²) >= 11 is 1.46. The molecule has 0 N–H and O–H groups in total. The van der Waals surface area contributed by atoms with Gasteiger partial charge in [-0.1, -0.05) is 5.16 Å². The number of aromatic nitrogens is 4. The van der Waals surface area contributed by atoms with Crippen molar-refractivity contribution in [2.75, 3.05) is 13.1 Å². The van der Waals surface area contributed by atoms with Crippen molar-refractivity contribution < 1.29 is 9.32 Å². The van der Waals surface area contributed by atoms with Gasteiger partial charge >= 0.3 is 0 Å². The summed E-state index contributed by atoms with van der Waals surface area (Å²) in [4.78, 5) is 27.5. The molecule has 3 aromatic heterocycles. The summed E-state index contributed by atoms with van der Waals surface area (Å²) in [6.45, 7) is 5.38. The van der Waals surface area contributed by atoms with E-state index in [2.05, 4.69) is 20.1 Å². The van der Waals surface area contributed by atoms with E-state index in [1.54, 1.807) is 11.8 Å². The highest BCUT2D eigenvalue weighted by molar-refractivity contribution is 7.07. The molecular weight excluding hydrogens is 374 g/mol. The Morgan fingerprint density at radius 3 is 2.89 bits per heavy atom. The van der Waals surface area contributed by atoms with Crippen molar-refractivity contribution in [3.8, 4) is 11.3 Å². The predicted molar refractivity (Wildman–Crippen MR) is 106 cm³/mol. The van der Waals surface area contributed by atoms with Crippen molar-refractivity contribution in [3.05, 3.63) is 46.1 Å². The summed E-state index contributed by atoms with van der Waals surface area (Å²) in [7, 11) is 0. The molecule has 0 bridgehead atoms. The molecule has 4 rings (SSSR count). The monoisotopic (exact) mass is 397 g/mol. The molecule has 1 atom stereocenters. The average Bonchev–Trinajstić information content (AvgIpc) is 3.27. The number of amides is 1. The molecule has 0 spiro atoms. The normalized spacial score (nSPS) is 17.5. The van der Waals surface area contributed by atoms with E-state index in [0.29, 0.717) is 11.6 Å². The zero-order chi connectivity index (χ0) is 19.5. The van der Waals surface area contributed by atoms with Gasteiger partial charge in [0.2, 0.25) is 0 Å². The summed E-state index contributed by atoms with van der Waals surface area (Å²) in [5.41, 5.74) is 5.93. The molecule has 1 fully saturated rings. The van der Waals surface area contributed by atoms with E-state index in [9.17, 15) is 4.79 Å². The SMILES string of the molecule is Cc1noc(C)c1-c1cc(CC2CCCN(C(=O)c3cscn3)CC2)ncn1. The van der Waals surface area contributed by atoms with E-state index >= 15 is 0 Å². The van der Waals surface area contributed by atoms with Crippen LogP contribution in [0.2, 0.25) is 0 Å². The molecule has 1 amide bonds. The first-order valence-corrected chi connectivity index (χ1v) is 10.5. The van der Waals surface area contributed by atoms with Gasteiger partial charge in [0.25, 0.3) is 5.91 Å². The van der Waals surface area contributed by atoms with Crippen LogP contribution < -0.4 is 0 Å². The lowest BCUT2D eigenvalue weighted by Crippen LogP contribution is -2.32.